The molecule has 0 aromatic heterocycles. The highest BCUT2D eigenvalue weighted by atomic mass is 16.6. The number of rotatable bonds is 10. The van der Waals surface area contributed by atoms with Crippen molar-refractivity contribution < 1.29 is 23.8 Å². The Kier molecular flexibility index (Phi) is 9.06. The first-order chi connectivity index (χ1) is 18.0. The molecule has 1 heterocycles. The van der Waals surface area contributed by atoms with Crippen LogP contribution in [0.3, 0.4) is 0 Å². The molecule has 0 saturated carbocycles. The molecule has 0 unspecified atom stereocenters. The fourth-order valence-electron chi connectivity index (χ4n) is 4.51. The van der Waals surface area contributed by atoms with Crippen LogP contribution in [0.2, 0.25) is 0 Å². The third kappa shape index (κ3) is 7.05. The third-order valence-corrected chi connectivity index (χ3v) is 6.50. The second-order valence-corrected chi connectivity index (χ2v) is 9.12. The summed E-state index contributed by atoms with van der Waals surface area (Å²) in [4.78, 5) is 25.5. The van der Waals surface area contributed by atoms with Gasteiger partial charge >= 0.3 is 11.9 Å². The first-order valence-electron chi connectivity index (χ1n) is 12.6. The van der Waals surface area contributed by atoms with Gasteiger partial charge in [0.25, 0.3) is 0 Å². The van der Waals surface area contributed by atoms with E-state index in [2.05, 4.69) is 31.7 Å². The molecule has 4 atom stereocenters. The molecule has 0 spiro atoms. The molecule has 0 N–H and O–H groups in total. The molecule has 0 bridgehead atoms. The SMILES string of the molecule is C=CC[C@@H]1O[C@H](C[C@@H](COC(=O)c2ccccc2)OC(=O)c2ccccc2)[C@H](C)C1=Cc1ccccc1. The third-order valence-electron chi connectivity index (χ3n) is 6.50. The maximum Gasteiger partial charge on any atom is 0.338 e. The van der Waals surface area contributed by atoms with Crippen molar-refractivity contribution >= 4 is 18.0 Å². The van der Waals surface area contributed by atoms with Gasteiger partial charge in [0, 0.05) is 12.3 Å². The van der Waals surface area contributed by atoms with Crippen molar-refractivity contribution in [1.29, 1.82) is 0 Å². The van der Waals surface area contributed by atoms with E-state index in [1.54, 1.807) is 48.5 Å². The summed E-state index contributed by atoms with van der Waals surface area (Å²) in [6.07, 6.45) is 4.08. The number of benzene rings is 3. The topological polar surface area (TPSA) is 61.8 Å². The van der Waals surface area contributed by atoms with Gasteiger partial charge in [0.1, 0.15) is 12.7 Å². The molecule has 3 aromatic carbocycles. The zero-order valence-electron chi connectivity index (χ0n) is 21.0. The van der Waals surface area contributed by atoms with Crippen molar-refractivity contribution in [3.63, 3.8) is 0 Å². The van der Waals surface area contributed by atoms with E-state index in [-0.39, 0.29) is 24.7 Å². The van der Waals surface area contributed by atoms with E-state index in [0.717, 1.165) is 5.56 Å². The van der Waals surface area contributed by atoms with E-state index in [1.165, 1.54) is 5.57 Å². The molecular formula is C32H32O5. The van der Waals surface area contributed by atoms with Crippen LogP contribution in [-0.2, 0) is 14.2 Å². The van der Waals surface area contributed by atoms with Gasteiger partial charge in [0.2, 0.25) is 0 Å². The van der Waals surface area contributed by atoms with Crippen LogP contribution in [0.15, 0.2) is 109 Å². The van der Waals surface area contributed by atoms with Crippen LogP contribution in [0.4, 0.5) is 0 Å². The number of hydrogen-bond acceptors (Lipinski definition) is 5. The van der Waals surface area contributed by atoms with E-state index >= 15 is 0 Å². The number of carbonyl (C=O) groups is 2. The minimum absolute atomic E-state index is 0.0667. The Morgan fingerprint density at radius 3 is 2.05 bits per heavy atom. The van der Waals surface area contributed by atoms with E-state index in [0.29, 0.717) is 24.0 Å². The lowest BCUT2D eigenvalue weighted by Gasteiger charge is -2.23. The number of esters is 2. The van der Waals surface area contributed by atoms with E-state index in [1.807, 2.05) is 36.4 Å². The predicted molar refractivity (Wildman–Crippen MR) is 144 cm³/mol. The Balaban J connectivity index is 1.51. The highest BCUT2D eigenvalue weighted by Crippen LogP contribution is 2.37. The molecule has 1 aliphatic rings. The minimum atomic E-state index is -0.673. The van der Waals surface area contributed by atoms with Crippen LogP contribution >= 0.6 is 0 Å². The molecule has 0 aliphatic carbocycles. The molecule has 37 heavy (non-hydrogen) atoms. The summed E-state index contributed by atoms with van der Waals surface area (Å²) in [5, 5.41) is 0. The van der Waals surface area contributed by atoms with Gasteiger partial charge in [-0.3, -0.25) is 0 Å². The normalized spacial score (nSPS) is 20.8. The molecule has 5 nitrogen and oxygen atoms in total. The molecule has 1 saturated heterocycles. The van der Waals surface area contributed by atoms with Crippen molar-refractivity contribution in [2.45, 2.75) is 38.1 Å². The lowest BCUT2D eigenvalue weighted by molar-refractivity contribution is -0.0329. The second kappa shape index (κ2) is 12.8. The first kappa shape index (κ1) is 26.1. The smallest absolute Gasteiger partial charge is 0.338 e. The summed E-state index contributed by atoms with van der Waals surface area (Å²) in [6.45, 7) is 5.95. The van der Waals surface area contributed by atoms with Gasteiger partial charge in [-0.2, -0.15) is 0 Å². The van der Waals surface area contributed by atoms with Crippen LogP contribution in [-0.4, -0.2) is 36.9 Å². The van der Waals surface area contributed by atoms with E-state index < -0.39 is 18.0 Å². The van der Waals surface area contributed by atoms with Crippen molar-refractivity contribution in [1.82, 2.24) is 0 Å². The summed E-state index contributed by atoms with van der Waals surface area (Å²) < 4.78 is 17.8. The summed E-state index contributed by atoms with van der Waals surface area (Å²) in [5.74, 6) is -0.849. The Bertz CT molecular complexity index is 1200. The van der Waals surface area contributed by atoms with Gasteiger partial charge in [-0.05, 0) is 41.8 Å². The lowest BCUT2D eigenvalue weighted by Crippen LogP contribution is -2.31. The Labute approximate surface area is 218 Å². The average Bonchev–Trinajstić information content (AvgIpc) is 3.22. The Morgan fingerprint density at radius 2 is 1.46 bits per heavy atom. The Hall–Kier alpha value is -3.96. The fourth-order valence-corrected chi connectivity index (χ4v) is 4.51. The number of hydrogen-bond donors (Lipinski definition) is 0. The van der Waals surface area contributed by atoms with Crippen LogP contribution in [0, 0.1) is 5.92 Å². The van der Waals surface area contributed by atoms with Crippen LogP contribution in [0.25, 0.3) is 6.08 Å². The van der Waals surface area contributed by atoms with Crippen molar-refractivity contribution in [3.05, 3.63) is 126 Å². The molecular weight excluding hydrogens is 464 g/mol. The largest absolute Gasteiger partial charge is 0.458 e. The molecule has 190 valence electrons. The standard InChI is InChI=1S/C32H32O5/c1-3-13-29-28(20-24-14-7-4-8-15-24)23(2)30(37-29)21-27(36-32(34)26-18-11-6-12-19-26)22-35-31(33)25-16-9-5-10-17-25/h3-12,14-20,23,27,29-30H,1,13,21-22H2,2H3/t23-,27+,29+,30-/m1/s1. The van der Waals surface area contributed by atoms with Gasteiger partial charge in [-0.25, -0.2) is 9.59 Å². The first-order valence-corrected chi connectivity index (χ1v) is 12.6. The Morgan fingerprint density at radius 1 is 0.892 bits per heavy atom. The van der Waals surface area contributed by atoms with Crippen LogP contribution in [0.1, 0.15) is 46.0 Å². The summed E-state index contributed by atoms with van der Waals surface area (Å²) in [6, 6.07) is 27.7. The quantitative estimate of drug-likeness (QED) is 0.236. The number of carbonyl (C=O) groups excluding carboxylic acids is 2. The molecule has 3 aromatic rings. The van der Waals surface area contributed by atoms with Gasteiger partial charge in [0.05, 0.1) is 23.3 Å². The monoisotopic (exact) mass is 496 g/mol. The molecule has 0 radical (unpaired) electrons. The van der Waals surface area contributed by atoms with Gasteiger partial charge in [-0.1, -0.05) is 85.8 Å². The molecule has 1 aliphatic heterocycles. The average molecular weight is 497 g/mol. The maximum absolute atomic E-state index is 12.9. The highest BCUT2D eigenvalue weighted by Gasteiger charge is 2.38. The zero-order valence-corrected chi connectivity index (χ0v) is 21.0. The summed E-state index contributed by atoms with van der Waals surface area (Å²) in [7, 11) is 0. The van der Waals surface area contributed by atoms with Crippen molar-refractivity contribution in [3.8, 4) is 0 Å². The zero-order chi connectivity index (χ0) is 26.0. The minimum Gasteiger partial charge on any atom is -0.458 e. The molecule has 0 amide bonds. The van der Waals surface area contributed by atoms with E-state index in [4.69, 9.17) is 14.2 Å². The predicted octanol–water partition coefficient (Wildman–Crippen LogP) is 6.52. The van der Waals surface area contributed by atoms with E-state index in [9.17, 15) is 9.59 Å². The summed E-state index contributed by atoms with van der Waals surface area (Å²) >= 11 is 0. The lowest BCUT2D eigenvalue weighted by atomic mass is 9.90. The molecule has 1 fully saturated rings. The molecule has 4 rings (SSSR count). The highest BCUT2D eigenvalue weighted by molar-refractivity contribution is 5.90. The van der Waals surface area contributed by atoms with Gasteiger partial charge < -0.3 is 14.2 Å². The second-order valence-electron chi connectivity index (χ2n) is 9.12. The fraction of sp³-hybridized carbons (Fsp3) is 0.250. The molecule has 5 heteroatoms. The van der Waals surface area contributed by atoms with Crippen molar-refractivity contribution in [2.75, 3.05) is 6.61 Å². The van der Waals surface area contributed by atoms with Crippen molar-refractivity contribution in [2.24, 2.45) is 5.92 Å². The van der Waals surface area contributed by atoms with Crippen LogP contribution < -0.4 is 0 Å². The van der Waals surface area contributed by atoms with Gasteiger partial charge in [0.15, 0.2) is 0 Å². The number of ether oxygens (including phenoxy) is 3. The van der Waals surface area contributed by atoms with Gasteiger partial charge in [-0.15, -0.1) is 6.58 Å². The summed E-state index contributed by atoms with van der Waals surface area (Å²) in [5.41, 5.74) is 3.16. The van der Waals surface area contributed by atoms with Crippen LogP contribution in [0.5, 0.6) is 0 Å². The maximum atomic E-state index is 12.9.